The molecule has 1 amide bonds. The molecule has 1 aromatic heterocycles. The molecule has 0 aromatic carbocycles. The van der Waals surface area contributed by atoms with Crippen LogP contribution >= 0.6 is 11.6 Å². The second-order valence-electron chi connectivity index (χ2n) is 7.43. The first-order valence-corrected chi connectivity index (χ1v) is 8.50. The van der Waals surface area contributed by atoms with Gasteiger partial charge in [-0.1, -0.05) is 18.2 Å². The molecule has 1 aromatic rings. The first kappa shape index (κ1) is 17.5. The third-order valence-electron chi connectivity index (χ3n) is 4.99. The van der Waals surface area contributed by atoms with Gasteiger partial charge in [0.05, 0.1) is 11.2 Å². The number of hydrogen-bond acceptors (Lipinski definition) is 4. The largest absolute Gasteiger partial charge is 0.497 e. The van der Waals surface area contributed by atoms with Crippen LogP contribution in [0.1, 0.15) is 40.5 Å². The van der Waals surface area contributed by atoms with Crippen LogP contribution in [0.5, 0.6) is 0 Å². The van der Waals surface area contributed by atoms with E-state index in [2.05, 4.69) is 16.9 Å². The van der Waals surface area contributed by atoms with E-state index in [0.29, 0.717) is 27.8 Å². The Hall–Kier alpha value is -1.37. The Morgan fingerprint density at radius 1 is 1.33 bits per heavy atom. The molecule has 0 radical (unpaired) electrons. The Bertz CT molecular complexity index is 685. The molecular weight excluding hydrogens is 326 g/mol. The van der Waals surface area contributed by atoms with Gasteiger partial charge in [-0.25, -0.2) is 4.98 Å². The SMILES string of the molecule is C=C(C(=O)Nc1cc(Cl)c(B2OC(C)(C)C(C)(C)O2)cn1)C1CC1. The molecule has 7 heteroatoms. The second kappa shape index (κ2) is 5.86. The van der Waals surface area contributed by atoms with Crippen LogP contribution in [0, 0.1) is 5.92 Å². The van der Waals surface area contributed by atoms with Gasteiger partial charge >= 0.3 is 7.12 Å². The molecule has 0 bridgehead atoms. The molecule has 1 saturated carbocycles. The number of amides is 1. The maximum absolute atomic E-state index is 12.1. The number of nitrogens with zero attached hydrogens (tertiary/aromatic N) is 1. The molecule has 5 nitrogen and oxygen atoms in total. The summed E-state index contributed by atoms with van der Waals surface area (Å²) in [6.45, 7) is 11.7. The summed E-state index contributed by atoms with van der Waals surface area (Å²) in [4.78, 5) is 16.3. The van der Waals surface area contributed by atoms with E-state index >= 15 is 0 Å². The number of carbonyl (C=O) groups excluding carboxylic acids is 1. The zero-order valence-corrected chi connectivity index (χ0v) is 15.2. The van der Waals surface area contributed by atoms with E-state index in [9.17, 15) is 4.79 Å². The van der Waals surface area contributed by atoms with Crippen LogP contribution in [-0.4, -0.2) is 29.2 Å². The fourth-order valence-corrected chi connectivity index (χ4v) is 2.71. The highest BCUT2D eigenvalue weighted by atomic mass is 35.5. The van der Waals surface area contributed by atoms with Gasteiger partial charge in [0.1, 0.15) is 5.82 Å². The van der Waals surface area contributed by atoms with Gasteiger partial charge in [-0.3, -0.25) is 4.79 Å². The van der Waals surface area contributed by atoms with Crippen LogP contribution in [0.4, 0.5) is 5.82 Å². The maximum atomic E-state index is 12.1. The van der Waals surface area contributed by atoms with E-state index in [-0.39, 0.29) is 5.91 Å². The van der Waals surface area contributed by atoms with Gasteiger partial charge in [-0.05, 0) is 52.5 Å². The van der Waals surface area contributed by atoms with Crippen molar-refractivity contribution >= 4 is 35.9 Å². The highest BCUT2D eigenvalue weighted by Gasteiger charge is 2.52. The molecule has 0 atom stereocenters. The van der Waals surface area contributed by atoms with Crippen LogP contribution in [0.25, 0.3) is 0 Å². The molecule has 3 rings (SSSR count). The molecule has 2 heterocycles. The number of halogens is 1. The summed E-state index contributed by atoms with van der Waals surface area (Å²) in [6.07, 6.45) is 3.64. The summed E-state index contributed by atoms with van der Waals surface area (Å²) in [7, 11) is -0.582. The summed E-state index contributed by atoms with van der Waals surface area (Å²) in [5.74, 6) is 0.501. The molecule has 0 spiro atoms. The second-order valence-corrected chi connectivity index (χ2v) is 7.84. The predicted molar refractivity (Wildman–Crippen MR) is 95.5 cm³/mol. The fraction of sp³-hybridized carbons (Fsp3) is 0.529. The van der Waals surface area contributed by atoms with E-state index in [1.807, 2.05) is 27.7 Å². The first-order chi connectivity index (χ1) is 11.1. The Kier molecular flexibility index (Phi) is 4.27. The molecule has 1 aliphatic heterocycles. The van der Waals surface area contributed by atoms with Crippen molar-refractivity contribution in [3.05, 3.63) is 29.4 Å². The fourth-order valence-electron chi connectivity index (χ4n) is 2.47. The molecule has 128 valence electrons. The van der Waals surface area contributed by atoms with Crippen LogP contribution in [0.2, 0.25) is 5.02 Å². The van der Waals surface area contributed by atoms with Gasteiger partial charge in [0, 0.05) is 22.3 Å². The summed E-state index contributed by atoms with van der Waals surface area (Å²) in [5.41, 5.74) is 0.350. The molecule has 24 heavy (non-hydrogen) atoms. The lowest BCUT2D eigenvalue weighted by atomic mass is 9.80. The van der Waals surface area contributed by atoms with Gasteiger partial charge in [0.25, 0.3) is 5.91 Å². The molecule has 1 N–H and O–H groups in total. The third kappa shape index (κ3) is 3.23. The quantitative estimate of drug-likeness (QED) is 0.671. The highest BCUT2D eigenvalue weighted by Crippen LogP contribution is 2.37. The van der Waals surface area contributed by atoms with Crippen LogP contribution < -0.4 is 10.8 Å². The summed E-state index contributed by atoms with van der Waals surface area (Å²) in [5, 5.41) is 3.18. The van der Waals surface area contributed by atoms with Gasteiger partial charge < -0.3 is 14.6 Å². The van der Waals surface area contributed by atoms with Crippen molar-refractivity contribution in [2.75, 3.05) is 5.32 Å². The Balaban J connectivity index is 1.73. The first-order valence-electron chi connectivity index (χ1n) is 8.12. The standard InChI is InChI=1S/C17H22BClN2O3/c1-10(11-6-7-11)15(22)21-14-8-13(19)12(9-20-14)18-23-16(2,3)17(4,5)24-18/h8-9,11H,1,6-7H2,2-5H3,(H,20,21,22). The van der Waals surface area contributed by atoms with Crippen molar-refractivity contribution in [3.63, 3.8) is 0 Å². The number of aromatic nitrogens is 1. The lowest BCUT2D eigenvalue weighted by molar-refractivity contribution is -0.113. The van der Waals surface area contributed by atoms with Crippen LogP contribution in [-0.2, 0) is 14.1 Å². The Labute approximate surface area is 147 Å². The topological polar surface area (TPSA) is 60.5 Å². The van der Waals surface area contributed by atoms with Gasteiger partial charge in [0.2, 0.25) is 0 Å². The molecule has 2 aliphatic rings. The molecule has 1 saturated heterocycles. The Morgan fingerprint density at radius 3 is 2.42 bits per heavy atom. The third-order valence-corrected chi connectivity index (χ3v) is 5.32. The molecule has 1 aliphatic carbocycles. The van der Waals surface area contributed by atoms with Crippen molar-refractivity contribution in [3.8, 4) is 0 Å². The smallest absolute Gasteiger partial charge is 0.399 e. The van der Waals surface area contributed by atoms with E-state index in [1.165, 1.54) is 0 Å². The lowest BCUT2D eigenvalue weighted by Crippen LogP contribution is -2.41. The van der Waals surface area contributed by atoms with Crippen molar-refractivity contribution < 1.29 is 14.1 Å². The normalized spacial score (nSPS) is 21.6. The number of nitrogens with one attached hydrogen (secondary N) is 1. The molecular formula is C17H22BClN2O3. The average Bonchev–Trinajstić information content (AvgIpc) is 3.26. The van der Waals surface area contributed by atoms with E-state index in [4.69, 9.17) is 20.9 Å². The van der Waals surface area contributed by atoms with Crippen molar-refractivity contribution in [2.45, 2.75) is 51.7 Å². The predicted octanol–water partition coefficient (Wildman–Crippen LogP) is 2.94. The summed E-state index contributed by atoms with van der Waals surface area (Å²) in [6, 6.07) is 1.61. The van der Waals surface area contributed by atoms with Crippen LogP contribution in [0.3, 0.4) is 0 Å². The van der Waals surface area contributed by atoms with Crippen molar-refractivity contribution in [1.29, 1.82) is 0 Å². The van der Waals surface area contributed by atoms with Gasteiger partial charge in [-0.2, -0.15) is 0 Å². The summed E-state index contributed by atoms with van der Waals surface area (Å²) >= 11 is 6.36. The number of pyridine rings is 1. The van der Waals surface area contributed by atoms with Gasteiger partial charge in [-0.15, -0.1) is 0 Å². The van der Waals surface area contributed by atoms with Crippen LogP contribution in [0.15, 0.2) is 24.4 Å². The monoisotopic (exact) mass is 348 g/mol. The minimum absolute atomic E-state index is 0.204. The number of hydrogen-bond donors (Lipinski definition) is 1. The zero-order chi connectivity index (χ0) is 17.7. The molecule has 0 unspecified atom stereocenters. The van der Waals surface area contributed by atoms with Gasteiger partial charge in [0.15, 0.2) is 0 Å². The van der Waals surface area contributed by atoms with E-state index in [1.54, 1.807) is 12.3 Å². The van der Waals surface area contributed by atoms with Crippen molar-refractivity contribution in [2.24, 2.45) is 5.92 Å². The zero-order valence-electron chi connectivity index (χ0n) is 14.5. The van der Waals surface area contributed by atoms with E-state index < -0.39 is 18.3 Å². The average molecular weight is 349 g/mol. The number of anilines is 1. The number of rotatable bonds is 4. The highest BCUT2D eigenvalue weighted by molar-refractivity contribution is 6.65. The van der Waals surface area contributed by atoms with Crippen molar-refractivity contribution in [1.82, 2.24) is 4.98 Å². The minimum atomic E-state index is -0.582. The number of carbonyl (C=O) groups is 1. The minimum Gasteiger partial charge on any atom is -0.399 e. The molecule has 2 fully saturated rings. The Morgan fingerprint density at radius 2 is 1.92 bits per heavy atom. The maximum Gasteiger partial charge on any atom is 0.497 e. The van der Waals surface area contributed by atoms with E-state index in [0.717, 1.165) is 12.8 Å². The lowest BCUT2D eigenvalue weighted by Gasteiger charge is -2.32. The summed E-state index contributed by atoms with van der Waals surface area (Å²) < 4.78 is 12.0.